The summed E-state index contributed by atoms with van der Waals surface area (Å²) >= 11 is 0. The molecule has 1 aromatic carbocycles. The molecule has 0 unspecified atom stereocenters. The van der Waals surface area contributed by atoms with Crippen molar-refractivity contribution < 1.29 is 14.3 Å². The van der Waals surface area contributed by atoms with E-state index in [0.29, 0.717) is 24.5 Å². The Labute approximate surface area is 113 Å². The smallest absolute Gasteiger partial charge is 0.356 e. The molecule has 0 aliphatic rings. The van der Waals surface area contributed by atoms with Crippen molar-refractivity contribution in [3.8, 4) is 5.75 Å². The number of nitrogens with one attached hydrogen (secondary N) is 1. The highest BCUT2D eigenvalue weighted by molar-refractivity contribution is 5.88. The van der Waals surface area contributed by atoms with Crippen LogP contribution in [0.25, 0.3) is 0 Å². The van der Waals surface area contributed by atoms with E-state index in [1.54, 1.807) is 21.0 Å². The molecule has 5 nitrogen and oxygen atoms in total. The molecule has 0 aliphatic heterocycles. The summed E-state index contributed by atoms with van der Waals surface area (Å²) in [6.07, 6.45) is 0. The molecule has 3 N–H and O–H groups in total. The zero-order valence-electron chi connectivity index (χ0n) is 11.5. The molecule has 5 heteroatoms. The monoisotopic (exact) mass is 264 g/mol. The fourth-order valence-electron chi connectivity index (χ4n) is 1.51. The van der Waals surface area contributed by atoms with Gasteiger partial charge in [-0.15, -0.1) is 0 Å². The maximum Gasteiger partial charge on any atom is 0.356 e. The Bertz CT molecular complexity index is 448. The highest BCUT2D eigenvalue weighted by Gasteiger charge is 2.12. The van der Waals surface area contributed by atoms with Crippen molar-refractivity contribution in [2.75, 3.05) is 13.7 Å². The summed E-state index contributed by atoms with van der Waals surface area (Å²) in [5, 5.41) is 3.00. The molecule has 0 bridgehead atoms. The van der Waals surface area contributed by atoms with Gasteiger partial charge in [-0.25, -0.2) is 4.79 Å². The number of esters is 1. The third-order valence-corrected chi connectivity index (χ3v) is 2.50. The van der Waals surface area contributed by atoms with Crippen molar-refractivity contribution in [2.24, 2.45) is 5.73 Å². The van der Waals surface area contributed by atoms with Crippen LogP contribution in [0, 0.1) is 0 Å². The number of nitrogens with two attached hydrogens (primary N) is 1. The van der Waals surface area contributed by atoms with Gasteiger partial charge in [-0.2, -0.15) is 0 Å². The van der Waals surface area contributed by atoms with E-state index in [-0.39, 0.29) is 0 Å². The molecule has 0 amide bonds. The Morgan fingerprint density at radius 2 is 1.95 bits per heavy atom. The molecular formula is C14H20N2O3. The first-order valence-electron chi connectivity index (χ1n) is 6.08. The van der Waals surface area contributed by atoms with E-state index < -0.39 is 5.97 Å². The van der Waals surface area contributed by atoms with Gasteiger partial charge in [0.15, 0.2) is 0 Å². The van der Waals surface area contributed by atoms with Crippen LogP contribution in [0.2, 0.25) is 0 Å². The molecule has 104 valence electrons. The number of ether oxygens (including phenoxy) is 2. The van der Waals surface area contributed by atoms with E-state index >= 15 is 0 Å². The molecule has 0 heterocycles. The summed E-state index contributed by atoms with van der Waals surface area (Å²) in [4.78, 5) is 11.7. The molecule has 0 saturated heterocycles. The third-order valence-electron chi connectivity index (χ3n) is 2.50. The van der Waals surface area contributed by atoms with Gasteiger partial charge in [0.2, 0.25) is 0 Å². The normalized spacial score (nSPS) is 11.5. The van der Waals surface area contributed by atoms with Gasteiger partial charge in [-0.3, -0.25) is 0 Å². The minimum absolute atomic E-state index is 0.303. The number of carbonyl (C=O) groups excluding carboxylic acids is 1. The largest absolute Gasteiger partial charge is 0.497 e. The van der Waals surface area contributed by atoms with Gasteiger partial charge in [-0.1, -0.05) is 12.1 Å². The van der Waals surface area contributed by atoms with E-state index in [9.17, 15) is 4.79 Å². The number of hydrogen-bond acceptors (Lipinski definition) is 5. The number of carbonyl (C=O) groups is 1. The Morgan fingerprint density at radius 3 is 2.42 bits per heavy atom. The summed E-state index contributed by atoms with van der Waals surface area (Å²) in [7, 11) is 1.62. The van der Waals surface area contributed by atoms with Crippen LogP contribution in [0.5, 0.6) is 5.75 Å². The summed E-state index contributed by atoms with van der Waals surface area (Å²) in [5.74, 6) is 0.357. The zero-order valence-corrected chi connectivity index (χ0v) is 11.5. The maximum atomic E-state index is 11.7. The van der Waals surface area contributed by atoms with Gasteiger partial charge < -0.3 is 20.5 Å². The fourth-order valence-corrected chi connectivity index (χ4v) is 1.51. The van der Waals surface area contributed by atoms with Crippen LogP contribution < -0.4 is 15.8 Å². The lowest BCUT2D eigenvalue weighted by Gasteiger charge is -2.12. The third kappa shape index (κ3) is 4.54. The maximum absolute atomic E-state index is 11.7. The van der Waals surface area contributed by atoms with Crippen molar-refractivity contribution in [3.05, 3.63) is 41.2 Å². The van der Waals surface area contributed by atoms with Crippen molar-refractivity contribution in [3.63, 3.8) is 0 Å². The first kappa shape index (κ1) is 14.9. The van der Waals surface area contributed by atoms with Crippen LogP contribution in [0.15, 0.2) is 35.7 Å². The highest BCUT2D eigenvalue weighted by Crippen LogP contribution is 2.11. The fraction of sp³-hybridized carbons (Fsp3) is 0.357. The molecule has 0 aliphatic carbocycles. The number of rotatable bonds is 6. The average Bonchev–Trinajstić information content (AvgIpc) is 2.39. The van der Waals surface area contributed by atoms with Crippen molar-refractivity contribution >= 4 is 5.97 Å². The topological polar surface area (TPSA) is 73.6 Å². The minimum Gasteiger partial charge on any atom is -0.497 e. The summed E-state index contributed by atoms with van der Waals surface area (Å²) in [6.45, 7) is 4.23. The number of hydrogen-bond donors (Lipinski definition) is 2. The first-order valence-corrected chi connectivity index (χ1v) is 6.08. The highest BCUT2D eigenvalue weighted by atomic mass is 16.5. The van der Waals surface area contributed by atoms with Crippen LogP contribution >= 0.6 is 0 Å². The standard InChI is InChI=1S/C14H20N2O3/c1-4-19-14(17)13(10(2)15)16-9-11-5-7-12(18-3)8-6-11/h5-8,16H,4,9,15H2,1-3H3/b13-10-. The van der Waals surface area contributed by atoms with Gasteiger partial charge in [0.05, 0.1) is 13.7 Å². The van der Waals surface area contributed by atoms with Gasteiger partial charge >= 0.3 is 5.97 Å². The molecule has 19 heavy (non-hydrogen) atoms. The summed E-state index contributed by atoms with van der Waals surface area (Å²) in [5.41, 5.74) is 7.40. The van der Waals surface area contributed by atoms with Crippen LogP contribution in [0.3, 0.4) is 0 Å². The number of benzene rings is 1. The molecule has 0 spiro atoms. The lowest BCUT2D eigenvalue weighted by molar-refractivity contribution is -0.139. The predicted octanol–water partition coefficient (Wildman–Crippen LogP) is 1.54. The van der Waals surface area contributed by atoms with Crippen LogP contribution in [-0.4, -0.2) is 19.7 Å². The Kier molecular flexibility index (Phi) is 5.73. The second kappa shape index (κ2) is 7.31. The molecule has 0 aromatic heterocycles. The lowest BCUT2D eigenvalue weighted by Crippen LogP contribution is -2.25. The lowest BCUT2D eigenvalue weighted by atomic mass is 10.2. The molecular weight excluding hydrogens is 244 g/mol. The van der Waals surface area contributed by atoms with Gasteiger partial charge in [0.25, 0.3) is 0 Å². The Balaban J connectivity index is 2.66. The molecule has 1 rings (SSSR count). The Morgan fingerprint density at radius 1 is 1.32 bits per heavy atom. The molecule has 1 aromatic rings. The summed E-state index contributed by atoms with van der Waals surface area (Å²) < 4.78 is 10.0. The van der Waals surface area contributed by atoms with Gasteiger partial charge in [0, 0.05) is 12.2 Å². The van der Waals surface area contributed by atoms with E-state index in [1.165, 1.54) is 0 Å². The van der Waals surface area contributed by atoms with Crippen LogP contribution in [-0.2, 0) is 16.1 Å². The van der Waals surface area contributed by atoms with Crippen molar-refractivity contribution in [1.29, 1.82) is 0 Å². The predicted molar refractivity (Wildman–Crippen MR) is 73.4 cm³/mol. The summed E-state index contributed by atoms with van der Waals surface area (Å²) in [6, 6.07) is 7.56. The number of allylic oxidation sites excluding steroid dienone is 1. The molecule has 0 fully saturated rings. The zero-order chi connectivity index (χ0) is 14.3. The van der Waals surface area contributed by atoms with Gasteiger partial charge in [-0.05, 0) is 31.5 Å². The van der Waals surface area contributed by atoms with Crippen LogP contribution in [0.1, 0.15) is 19.4 Å². The van der Waals surface area contributed by atoms with Gasteiger partial charge in [0.1, 0.15) is 11.4 Å². The quantitative estimate of drug-likeness (QED) is 0.602. The SMILES string of the molecule is CCOC(=O)/C(NCc1ccc(OC)cc1)=C(\C)N. The van der Waals surface area contributed by atoms with E-state index in [4.69, 9.17) is 15.2 Å². The van der Waals surface area contributed by atoms with E-state index in [1.807, 2.05) is 24.3 Å². The molecule has 0 saturated carbocycles. The van der Waals surface area contributed by atoms with Crippen molar-refractivity contribution in [1.82, 2.24) is 5.32 Å². The number of methoxy groups -OCH3 is 1. The minimum atomic E-state index is -0.434. The van der Waals surface area contributed by atoms with E-state index in [2.05, 4.69) is 5.32 Å². The average molecular weight is 264 g/mol. The van der Waals surface area contributed by atoms with Crippen LogP contribution in [0.4, 0.5) is 0 Å². The first-order chi connectivity index (χ1) is 9.08. The Hall–Kier alpha value is -2.17. The second-order valence-electron chi connectivity index (χ2n) is 3.98. The van der Waals surface area contributed by atoms with Crippen molar-refractivity contribution in [2.45, 2.75) is 20.4 Å². The molecule has 0 radical (unpaired) electrons. The second-order valence-corrected chi connectivity index (χ2v) is 3.98. The van der Waals surface area contributed by atoms with E-state index in [0.717, 1.165) is 11.3 Å². The molecule has 0 atom stereocenters.